The third-order valence-corrected chi connectivity index (χ3v) is 3.58. The van der Waals surface area contributed by atoms with E-state index < -0.39 is 0 Å². The fourth-order valence-electron chi connectivity index (χ4n) is 2.90. The Hall–Kier alpha value is -1.44. The number of likely N-dealkylation sites (N-methyl/N-ethyl adjacent to an activating group) is 1. The molecule has 0 amide bonds. The van der Waals surface area contributed by atoms with Crippen LogP contribution < -0.4 is 9.64 Å². The van der Waals surface area contributed by atoms with Crippen molar-refractivity contribution in [2.75, 3.05) is 18.1 Å². The van der Waals surface area contributed by atoms with Gasteiger partial charge in [0.1, 0.15) is 5.75 Å². The van der Waals surface area contributed by atoms with Gasteiger partial charge >= 0.3 is 0 Å². The number of anilines is 1. The van der Waals surface area contributed by atoms with Gasteiger partial charge < -0.3 is 9.64 Å². The maximum absolute atomic E-state index is 5.60. The summed E-state index contributed by atoms with van der Waals surface area (Å²) >= 11 is 0. The fourth-order valence-corrected chi connectivity index (χ4v) is 2.90. The van der Waals surface area contributed by atoms with Crippen LogP contribution in [0.2, 0.25) is 0 Å². The van der Waals surface area contributed by atoms with Gasteiger partial charge in [0.05, 0.1) is 12.1 Å². The number of nitrogens with zero attached hydrogens (tertiary/aromatic N) is 1. The molecule has 0 atom stereocenters. The zero-order valence-electron chi connectivity index (χ0n) is 12.1. The van der Waals surface area contributed by atoms with Gasteiger partial charge in [-0.2, -0.15) is 0 Å². The predicted molar refractivity (Wildman–Crippen MR) is 78.4 cm³/mol. The first-order chi connectivity index (χ1) is 8.49. The van der Waals surface area contributed by atoms with Gasteiger partial charge in [-0.15, -0.1) is 0 Å². The van der Waals surface area contributed by atoms with Crippen molar-refractivity contribution in [3.8, 4) is 5.75 Å². The molecule has 0 bridgehead atoms. The van der Waals surface area contributed by atoms with Crippen LogP contribution in [-0.4, -0.2) is 18.7 Å². The van der Waals surface area contributed by atoms with Crippen LogP contribution in [0.15, 0.2) is 24.3 Å². The van der Waals surface area contributed by atoms with E-state index in [4.69, 9.17) is 4.74 Å². The van der Waals surface area contributed by atoms with Gasteiger partial charge in [0.25, 0.3) is 0 Å². The van der Waals surface area contributed by atoms with Crippen LogP contribution >= 0.6 is 0 Å². The Morgan fingerprint density at radius 1 is 1.22 bits per heavy atom. The SMILES string of the molecule is CCOc1ccc2c(c1)C(C)=CC(C)(C)N2CC. The summed E-state index contributed by atoms with van der Waals surface area (Å²) in [5.74, 6) is 0.958. The first-order valence-electron chi connectivity index (χ1n) is 6.74. The molecule has 18 heavy (non-hydrogen) atoms. The van der Waals surface area contributed by atoms with Gasteiger partial charge in [-0.3, -0.25) is 0 Å². The van der Waals surface area contributed by atoms with Crippen LogP contribution in [0.1, 0.15) is 40.2 Å². The summed E-state index contributed by atoms with van der Waals surface area (Å²) in [5.41, 5.74) is 4.02. The number of allylic oxidation sites excluding steroid dienone is 1. The number of hydrogen-bond acceptors (Lipinski definition) is 2. The van der Waals surface area contributed by atoms with Crippen molar-refractivity contribution >= 4 is 11.3 Å². The maximum Gasteiger partial charge on any atom is 0.120 e. The Bertz CT molecular complexity index is 474. The minimum Gasteiger partial charge on any atom is -0.494 e. The van der Waals surface area contributed by atoms with E-state index in [2.05, 4.69) is 56.9 Å². The smallest absolute Gasteiger partial charge is 0.120 e. The van der Waals surface area contributed by atoms with Crippen LogP contribution in [0.25, 0.3) is 5.57 Å². The van der Waals surface area contributed by atoms with Crippen molar-refractivity contribution in [3.63, 3.8) is 0 Å². The molecule has 2 rings (SSSR count). The molecular formula is C16H23NO. The van der Waals surface area contributed by atoms with Crippen molar-refractivity contribution in [1.82, 2.24) is 0 Å². The molecule has 98 valence electrons. The van der Waals surface area contributed by atoms with E-state index in [0.717, 1.165) is 12.3 Å². The average molecular weight is 245 g/mol. The van der Waals surface area contributed by atoms with Gasteiger partial charge in [0.2, 0.25) is 0 Å². The molecule has 0 N–H and O–H groups in total. The van der Waals surface area contributed by atoms with E-state index in [1.54, 1.807) is 0 Å². The first kappa shape index (κ1) is 13.0. The van der Waals surface area contributed by atoms with Gasteiger partial charge in [0, 0.05) is 17.8 Å². The molecule has 0 saturated heterocycles. The summed E-state index contributed by atoms with van der Waals surface area (Å²) in [6.07, 6.45) is 2.34. The van der Waals surface area contributed by atoms with E-state index in [1.807, 2.05) is 6.92 Å². The fraction of sp³-hybridized carbons (Fsp3) is 0.500. The van der Waals surface area contributed by atoms with Crippen molar-refractivity contribution < 1.29 is 4.74 Å². The Kier molecular flexibility index (Phi) is 3.38. The third-order valence-electron chi connectivity index (χ3n) is 3.58. The highest BCUT2D eigenvalue weighted by Gasteiger charge is 2.30. The van der Waals surface area contributed by atoms with Gasteiger partial charge in [-0.05, 0) is 58.4 Å². The molecule has 2 nitrogen and oxygen atoms in total. The second kappa shape index (κ2) is 4.68. The Labute approximate surface area is 110 Å². The van der Waals surface area contributed by atoms with Gasteiger partial charge in [-0.1, -0.05) is 6.08 Å². The summed E-state index contributed by atoms with van der Waals surface area (Å²) < 4.78 is 5.60. The van der Waals surface area contributed by atoms with Crippen LogP contribution in [0, 0.1) is 0 Å². The molecule has 1 aliphatic rings. The minimum atomic E-state index is 0.0823. The van der Waals surface area contributed by atoms with Crippen molar-refractivity contribution in [3.05, 3.63) is 29.8 Å². The highest BCUT2D eigenvalue weighted by Crippen LogP contribution is 2.40. The Balaban J connectivity index is 2.51. The molecule has 0 aromatic heterocycles. The summed E-state index contributed by atoms with van der Waals surface area (Å²) in [5, 5.41) is 0. The summed E-state index contributed by atoms with van der Waals surface area (Å²) in [4.78, 5) is 2.44. The molecule has 1 aromatic carbocycles. The second-order valence-electron chi connectivity index (χ2n) is 5.34. The number of ether oxygens (including phenoxy) is 1. The molecular weight excluding hydrogens is 222 g/mol. The normalized spacial score (nSPS) is 17.2. The molecule has 0 fully saturated rings. The highest BCUT2D eigenvalue weighted by atomic mass is 16.5. The zero-order chi connectivity index (χ0) is 13.3. The highest BCUT2D eigenvalue weighted by molar-refractivity contribution is 5.82. The standard InChI is InChI=1S/C16H23NO/c1-6-17-15-9-8-13(18-7-2)10-14(15)12(3)11-16(17,4)5/h8-11H,6-7H2,1-5H3. The molecule has 0 spiro atoms. The Morgan fingerprint density at radius 3 is 2.56 bits per heavy atom. The monoisotopic (exact) mass is 245 g/mol. The van der Waals surface area contributed by atoms with Crippen molar-refractivity contribution in [2.45, 2.75) is 40.2 Å². The second-order valence-corrected chi connectivity index (χ2v) is 5.34. The molecule has 0 radical (unpaired) electrons. The lowest BCUT2D eigenvalue weighted by molar-refractivity contribution is 0.340. The van der Waals surface area contributed by atoms with Crippen LogP contribution in [0.4, 0.5) is 5.69 Å². The largest absolute Gasteiger partial charge is 0.494 e. The molecule has 1 heterocycles. The van der Waals surface area contributed by atoms with Gasteiger partial charge in [-0.25, -0.2) is 0 Å². The van der Waals surface area contributed by atoms with E-state index >= 15 is 0 Å². The number of fused-ring (bicyclic) bond motifs is 1. The third kappa shape index (κ3) is 2.12. The average Bonchev–Trinajstić information content (AvgIpc) is 2.29. The predicted octanol–water partition coefficient (Wildman–Crippen LogP) is 4.11. The summed E-state index contributed by atoms with van der Waals surface area (Å²) in [6, 6.07) is 6.41. The number of hydrogen-bond donors (Lipinski definition) is 0. The zero-order valence-corrected chi connectivity index (χ0v) is 12.1. The maximum atomic E-state index is 5.60. The number of benzene rings is 1. The van der Waals surface area contributed by atoms with Crippen molar-refractivity contribution in [1.29, 1.82) is 0 Å². The lowest BCUT2D eigenvalue weighted by Gasteiger charge is -2.42. The molecule has 0 saturated carbocycles. The summed E-state index contributed by atoms with van der Waals surface area (Å²) in [6.45, 7) is 12.7. The van der Waals surface area contributed by atoms with E-state index in [1.165, 1.54) is 16.8 Å². The Morgan fingerprint density at radius 2 is 1.94 bits per heavy atom. The summed E-state index contributed by atoms with van der Waals surface area (Å²) in [7, 11) is 0. The molecule has 0 aliphatic carbocycles. The quantitative estimate of drug-likeness (QED) is 0.794. The first-order valence-corrected chi connectivity index (χ1v) is 6.74. The van der Waals surface area contributed by atoms with E-state index in [-0.39, 0.29) is 5.54 Å². The minimum absolute atomic E-state index is 0.0823. The topological polar surface area (TPSA) is 12.5 Å². The van der Waals surface area contributed by atoms with Crippen LogP contribution in [0.5, 0.6) is 5.75 Å². The molecule has 0 unspecified atom stereocenters. The van der Waals surface area contributed by atoms with Crippen LogP contribution in [0.3, 0.4) is 0 Å². The number of rotatable bonds is 3. The van der Waals surface area contributed by atoms with Gasteiger partial charge in [0.15, 0.2) is 0 Å². The van der Waals surface area contributed by atoms with E-state index in [0.29, 0.717) is 6.61 Å². The van der Waals surface area contributed by atoms with Crippen molar-refractivity contribution in [2.24, 2.45) is 0 Å². The lowest BCUT2D eigenvalue weighted by Crippen LogP contribution is -2.44. The van der Waals surface area contributed by atoms with Crippen LogP contribution in [-0.2, 0) is 0 Å². The van der Waals surface area contributed by atoms with E-state index in [9.17, 15) is 0 Å². The lowest BCUT2D eigenvalue weighted by atomic mass is 9.89. The molecule has 1 aliphatic heterocycles. The molecule has 1 aromatic rings. The molecule has 2 heteroatoms.